The quantitative estimate of drug-likeness (QED) is 0.729. The number of halogens is 1. The molecule has 0 saturated heterocycles. The van der Waals surface area contributed by atoms with E-state index >= 15 is 0 Å². The molecular weight excluding hydrogens is 386 g/mol. The van der Waals surface area contributed by atoms with Crippen LogP contribution in [-0.4, -0.2) is 49.0 Å². The van der Waals surface area contributed by atoms with Crippen molar-refractivity contribution in [1.29, 1.82) is 0 Å². The van der Waals surface area contributed by atoms with Crippen molar-refractivity contribution in [2.24, 2.45) is 4.36 Å². The molecule has 0 aliphatic carbocycles. The molecule has 0 aliphatic heterocycles. The van der Waals surface area contributed by atoms with Gasteiger partial charge in [-0.1, -0.05) is 10.4 Å². The number of aromatic nitrogens is 3. The van der Waals surface area contributed by atoms with Crippen LogP contribution in [0.3, 0.4) is 0 Å². The van der Waals surface area contributed by atoms with E-state index in [-0.39, 0.29) is 35.8 Å². The molecule has 2 amide bonds. The van der Waals surface area contributed by atoms with Gasteiger partial charge in [-0.25, -0.2) is 9.78 Å². The molecule has 2 rings (SSSR count). The average molecular weight is 400 g/mol. The minimum Gasteiger partial charge on any atom is -0.489 e. The van der Waals surface area contributed by atoms with E-state index in [1.54, 1.807) is 19.1 Å². The van der Waals surface area contributed by atoms with Crippen molar-refractivity contribution >= 4 is 33.8 Å². The van der Waals surface area contributed by atoms with Crippen LogP contribution in [0.25, 0.3) is 11.4 Å². The largest absolute Gasteiger partial charge is 0.489 e. The van der Waals surface area contributed by atoms with Gasteiger partial charge < -0.3 is 14.8 Å². The summed E-state index contributed by atoms with van der Waals surface area (Å²) in [6.07, 6.45) is 0. The van der Waals surface area contributed by atoms with Crippen LogP contribution in [0, 0.1) is 6.92 Å². The first-order chi connectivity index (χ1) is 12.4. The van der Waals surface area contributed by atoms with E-state index in [2.05, 4.69) is 24.6 Å². The molecule has 0 radical (unpaired) electrons. The molecule has 0 unspecified atom stereocenters. The fraction of sp³-hybridized carbons (Fsp3) is 0.286. The number of alkyl halides is 1. The number of anilines is 1. The third-order valence-electron chi connectivity index (χ3n) is 2.89. The molecule has 1 heterocycles. The van der Waals surface area contributed by atoms with E-state index in [1.165, 1.54) is 13.2 Å². The summed E-state index contributed by atoms with van der Waals surface area (Å²) in [5.74, 6) is 1.07. The van der Waals surface area contributed by atoms with Crippen LogP contribution in [0.15, 0.2) is 22.6 Å². The van der Waals surface area contributed by atoms with Crippen molar-refractivity contribution in [3.05, 3.63) is 24.0 Å². The minimum atomic E-state index is -2.88. The summed E-state index contributed by atoms with van der Waals surface area (Å²) < 4.78 is 34.6. The van der Waals surface area contributed by atoms with Gasteiger partial charge in [0.25, 0.3) is 0 Å². The highest BCUT2D eigenvalue weighted by Gasteiger charge is 2.17. The number of rotatable bonds is 6. The molecule has 2 aromatic rings. The topological polar surface area (TPSA) is 133 Å². The Hall–Kier alpha value is -2.79. The molecule has 138 valence electrons. The summed E-state index contributed by atoms with van der Waals surface area (Å²) >= 11 is 5.68. The van der Waals surface area contributed by atoms with Crippen molar-refractivity contribution < 1.29 is 22.7 Å². The zero-order valence-electron chi connectivity index (χ0n) is 13.8. The van der Waals surface area contributed by atoms with E-state index in [4.69, 9.17) is 21.1 Å². The third-order valence-corrected chi connectivity index (χ3v) is 3.36. The molecule has 1 aromatic heterocycles. The van der Waals surface area contributed by atoms with E-state index in [9.17, 15) is 13.2 Å². The number of hydrogen-bond donors (Lipinski definition) is 1. The fourth-order valence-corrected chi connectivity index (χ4v) is 2.24. The Kier molecular flexibility index (Phi) is 6.81. The highest BCUT2D eigenvalue weighted by Crippen LogP contribution is 2.35. The molecule has 26 heavy (non-hydrogen) atoms. The van der Waals surface area contributed by atoms with E-state index < -0.39 is 16.5 Å². The highest BCUT2D eigenvalue weighted by molar-refractivity contribution is 7.62. The van der Waals surface area contributed by atoms with Gasteiger partial charge in [0.2, 0.25) is 0 Å². The highest BCUT2D eigenvalue weighted by atomic mass is 35.5. The monoisotopic (exact) mass is 399 g/mol. The van der Waals surface area contributed by atoms with Crippen LogP contribution < -0.4 is 14.8 Å². The summed E-state index contributed by atoms with van der Waals surface area (Å²) in [7, 11) is -1.46. The Morgan fingerprint density at radius 2 is 2.08 bits per heavy atom. The fourth-order valence-electron chi connectivity index (χ4n) is 1.98. The van der Waals surface area contributed by atoms with Crippen molar-refractivity contribution in [2.75, 3.05) is 24.9 Å². The number of para-hydroxylation sites is 1. The van der Waals surface area contributed by atoms with Crippen LogP contribution >= 0.6 is 11.6 Å². The Morgan fingerprint density at radius 3 is 2.73 bits per heavy atom. The summed E-state index contributed by atoms with van der Waals surface area (Å²) in [4.78, 5) is 24.1. The molecule has 0 bridgehead atoms. The second-order valence-electron chi connectivity index (χ2n) is 4.65. The molecule has 0 spiro atoms. The molecular formula is C14H14ClN5O5S. The number of amides is 2. The number of urea groups is 1. The molecule has 0 fully saturated rings. The molecule has 10 nitrogen and oxygen atoms in total. The maximum atomic E-state index is 11.6. The number of nitrogens with zero attached hydrogens (tertiary/aromatic N) is 4. The Balaban J connectivity index is 2.55. The average Bonchev–Trinajstić information content (AvgIpc) is 2.59. The number of carbonyl (C=O) groups is 1. The SMILES string of the molecule is COc1nc(C)nc(-c2cccc(NC(=O)N=S(=O)=O)c2OCCCl)n1. The number of methoxy groups -OCH3 is 1. The normalized spacial score (nSPS) is 10.1. The van der Waals surface area contributed by atoms with Gasteiger partial charge in [-0.15, -0.1) is 11.6 Å². The summed E-state index contributed by atoms with van der Waals surface area (Å²) in [6.45, 7) is 1.80. The van der Waals surface area contributed by atoms with Gasteiger partial charge in [0.1, 0.15) is 12.4 Å². The maximum Gasteiger partial charge on any atom is 0.360 e. The van der Waals surface area contributed by atoms with Crippen molar-refractivity contribution in [2.45, 2.75) is 6.92 Å². The van der Waals surface area contributed by atoms with E-state index in [0.29, 0.717) is 11.4 Å². The van der Waals surface area contributed by atoms with Gasteiger partial charge in [0.15, 0.2) is 11.6 Å². The van der Waals surface area contributed by atoms with Crippen LogP contribution in [0.1, 0.15) is 5.82 Å². The number of benzene rings is 1. The van der Waals surface area contributed by atoms with Gasteiger partial charge >= 0.3 is 22.5 Å². The Labute approximate surface area is 155 Å². The van der Waals surface area contributed by atoms with E-state index in [0.717, 1.165) is 0 Å². The van der Waals surface area contributed by atoms with Crippen LogP contribution in [0.2, 0.25) is 0 Å². The number of hydrogen-bond acceptors (Lipinski definition) is 8. The van der Waals surface area contributed by atoms with Gasteiger partial charge in [-0.05, 0) is 19.1 Å². The van der Waals surface area contributed by atoms with Crippen LogP contribution in [-0.2, 0) is 10.5 Å². The predicted octanol–water partition coefficient (Wildman–Crippen LogP) is 2.07. The van der Waals surface area contributed by atoms with Gasteiger partial charge in [-0.3, -0.25) is 0 Å². The lowest BCUT2D eigenvalue weighted by molar-refractivity contribution is 0.259. The molecule has 0 saturated carbocycles. The maximum absolute atomic E-state index is 11.6. The lowest BCUT2D eigenvalue weighted by atomic mass is 10.1. The zero-order chi connectivity index (χ0) is 19.1. The molecule has 0 aliphatic rings. The molecule has 1 aromatic carbocycles. The Morgan fingerprint density at radius 1 is 1.31 bits per heavy atom. The van der Waals surface area contributed by atoms with Crippen molar-refractivity contribution in [3.8, 4) is 23.1 Å². The second kappa shape index (κ2) is 9.06. The number of aryl methyl sites for hydroxylation is 1. The van der Waals surface area contributed by atoms with E-state index in [1.807, 2.05) is 0 Å². The standard InChI is InChI=1S/C14H14ClN5O5S/c1-8-16-12(19-14(17-8)24-2)9-4-3-5-10(11(9)25-7-6-15)18-13(21)20-26(22)23/h3-5H,6-7H2,1-2H3,(H,18,21). The third kappa shape index (κ3) is 5.10. The minimum absolute atomic E-state index is 0.113. The lowest BCUT2D eigenvalue weighted by Crippen LogP contribution is -2.10. The molecule has 12 heteroatoms. The van der Waals surface area contributed by atoms with Crippen molar-refractivity contribution in [3.63, 3.8) is 0 Å². The van der Waals surface area contributed by atoms with Crippen LogP contribution in [0.5, 0.6) is 11.8 Å². The molecule has 0 atom stereocenters. The van der Waals surface area contributed by atoms with Crippen molar-refractivity contribution in [1.82, 2.24) is 15.0 Å². The summed E-state index contributed by atoms with van der Waals surface area (Å²) in [5.41, 5.74) is 0.615. The first kappa shape index (κ1) is 19.5. The number of nitrogens with one attached hydrogen (secondary N) is 1. The zero-order valence-corrected chi connectivity index (χ0v) is 15.3. The number of ether oxygens (including phenoxy) is 2. The van der Waals surface area contributed by atoms with Gasteiger partial charge in [0, 0.05) is 0 Å². The number of carbonyl (C=O) groups excluding carboxylic acids is 1. The lowest BCUT2D eigenvalue weighted by Gasteiger charge is -2.15. The van der Waals surface area contributed by atoms with Gasteiger partial charge in [0.05, 0.1) is 24.2 Å². The first-order valence-corrected chi connectivity index (χ1v) is 8.72. The van der Waals surface area contributed by atoms with Gasteiger partial charge in [-0.2, -0.15) is 18.4 Å². The van der Waals surface area contributed by atoms with Crippen LogP contribution in [0.4, 0.5) is 10.5 Å². The Bertz CT molecular complexity index is 943. The molecule has 1 N–H and O–H groups in total. The smallest absolute Gasteiger partial charge is 0.360 e. The summed E-state index contributed by atoms with van der Waals surface area (Å²) in [5, 5.41) is 2.33. The second-order valence-corrected chi connectivity index (χ2v) is 5.65. The predicted molar refractivity (Wildman–Crippen MR) is 93.1 cm³/mol. The summed E-state index contributed by atoms with van der Waals surface area (Å²) in [6, 6.07) is 3.83. The first-order valence-electron chi connectivity index (χ1n) is 7.15.